The molecule has 0 fully saturated rings. The Balaban J connectivity index is 2.53. The van der Waals surface area contributed by atoms with Crippen LogP contribution in [-0.2, 0) is 0 Å². The maximum Gasteiger partial charge on any atom is 0.335 e. The molecule has 1 aliphatic heterocycles. The van der Waals surface area contributed by atoms with E-state index in [0.29, 0.717) is 30.4 Å². The van der Waals surface area contributed by atoms with Gasteiger partial charge in [-0.25, -0.2) is 9.89 Å². The number of nitro groups is 1. The summed E-state index contributed by atoms with van der Waals surface area (Å²) in [7, 11) is 1.61. The molecule has 0 aromatic heterocycles. The SMILES string of the molecule is CCCN(CCC)C1([N+](=O)[O-])CN=C(c2c(C)cc(C)cc2OC)N=C1C. The molecule has 0 radical (unpaired) electrons. The van der Waals surface area contributed by atoms with Crippen molar-refractivity contribution in [3.05, 3.63) is 38.9 Å². The number of amidine groups is 1. The second-order valence-electron chi connectivity index (χ2n) is 7.06. The fourth-order valence-corrected chi connectivity index (χ4v) is 3.75. The maximum absolute atomic E-state index is 12.1. The third kappa shape index (κ3) is 3.88. The van der Waals surface area contributed by atoms with Crippen molar-refractivity contribution in [1.29, 1.82) is 0 Å². The summed E-state index contributed by atoms with van der Waals surface area (Å²) < 4.78 is 5.53. The van der Waals surface area contributed by atoms with Gasteiger partial charge in [0, 0.05) is 13.1 Å². The molecule has 0 saturated carbocycles. The Morgan fingerprint density at radius 3 is 2.33 bits per heavy atom. The van der Waals surface area contributed by atoms with Gasteiger partial charge in [-0.05, 0) is 50.8 Å². The molecule has 1 atom stereocenters. The van der Waals surface area contributed by atoms with Crippen LogP contribution in [0.3, 0.4) is 0 Å². The lowest BCUT2D eigenvalue weighted by Gasteiger charge is -2.36. The van der Waals surface area contributed by atoms with Crippen LogP contribution in [0.15, 0.2) is 22.1 Å². The smallest absolute Gasteiger partial charge is 0.335 e. The van der Waals surface area contributed by atoms with Crippen molar-refractivity contribution in [2.24, 2.45) is 9.98 Å². The third-order valence-corrected chi connectivity index (χ3v) is 5.00. The number of rotatable bonds is 8. The number of aryl methyl sites for hydroxylation is 2. The first kappa shape index (κ1) is 21.0. The molecule has 0 saturated heterocycles. The lowest BCUT2D eigenvalue weighted by Crippen LogP contribution is -2.63. The maximum atomic E-state index is 12.1. The van der Waals surface area contributed by atoms with Gasteiger partial charge in [-0.3, -0.25) is 15.1 Å². The standard InChI is InChI=1S/C20H30N4O3/c1-7-9-23(10-8-2)20(24(25)26)13-21-19(22-16(20)5)18-15(4)11-14(3)12-17(18)27-6/h11-12H,7-10,13H2,1-6H3. The quantitative estimate of drug-likeness (QED) is 0.395. The van der Waals surface area contributed by atoms with Crippen LogP contribution in [0.4, 0.5) is 0 Å². The molecular formula is C20H30N4O3. The number of benzene rings is 1. The van der Waals surface area contributed by atoms with E-state index in [0.717, 1.165) is 29.5 Å². The second-order valence-corrected chi connectivity index (χ2v) is 7.06. The highest BCUT2D eigenvalue weighted by molar-refractivity contribution is 6.12. The highest BCUT2D eigenvalue weighted by Gasteiger charge is 2.53. The Bertz CT molecular complexity index is 767. The fraction of sp³-hybridized carbons (Fsp3) is 0.600. The Hall–Kier alpha value is -2.28. The van der Waals surface area contributed by atoms with E-state index < -0.39 is 5.66 Å². The summed E-state index contributed by atoms with van der Waals surface area (Å²) in [5.41, 5.74) is 1.98. The molecule has 1 aromatic carbocycles. The molecule has 1 aromatic rings. The Morgan fingerprint density at radius 2 is 1.85 bits per heavy atom. The summed E-state index contributed by atoms with van der Waals surface area (Å²) in [4.78, 5) is 23.0. The van der Waals surface area contributed by atoms with Crippen molar-refractivity contribution in [1.82, 2.24) is 4.90 Å². The summed E-state index contributed by atoms with van der Waals surface area (Å²) in [5, 5.41) is 12.1. The molecular weight excluding hydrogens is 344 g/mol. The van der Waals surface area contributed by atoms with Crippen LogP contribution in [0, 0.1) is 24.0 Å². The summed E-state index contributed by atoms with van der Waals surface area (Å²) in [6.07, 6.45) is 1.68. The highest BCUT2D eigenvalue weighted by atomic mass is 16.6. The van der Waals surface area contributed by atoms with Crippen LogP contribution in [-0.4, -0.2) is 53.8 Å². The summed E-state index contributed by atoms with van der Waals surface area (Å²) in [6.45, 7) is 11.1. The van der Waals surface area contributed by atoms with Crippen molar-refractivity contribution in [2.75, 3.05) is 26.7 Å². The Labute approximate surface area is 161 Å². The minimum atomic E-state index is -1.37. The molecule has 0 bridgehead atoms. The molecule has 0 amide bonds. The minimum Gasteiger partial charge on any atom is -0.496 e. The van der Waals surface area contributed by atoms with Crippen LogP contribution in [0.2, 0.25) is 0 Å². The van der Waals surface area contributed by atoms with Gasteiger partial charge in [0.05, 0.1) is 17.6 Å². The predicted octanol–water partition coefficient (Wildman–Crippen LogP) is 3.63. The van der Waals surface area contributed by atoms with Crippen LogP contribution in [0.1, 0.15) is 50.3 Å². The molecule has 27 heavy (non-hydrogen) atoms. The second kappa shape index (κ2) is 8.61. The van der Waals surface area contributed by atoms with Gasteiger partial charge in [-0.1, -0.05) is 19.9 Å². The van der Waals surface area contributed by atoms with E-state index in [1.54, 1.807) is 14.0 Å². The molecule has 7 nitrogen and oxygen atoms in total. The van der Waals surface area contributed by atoms with E-state index in [9.17, 15) is 10.1 Å². The number of methoxy groups -OCH3 is 1. The van der Waals surface area contributed by atoms with Gasteiger partial charge >= 0.3 is 5.66 Å². The van der Waals surface area contributed by atoms with Crippen LogP contribution in [0.25, 0.3) is 0 Å². The van der Waals surface area contributed by atoms with Gasteiger partial charge in [-0.2, -0.15) is 0 Å². The topological polar surface area (TPSA) is 80.3 Å². The lowest BCUT2D eigenvalue weighted by atomic mass is 9.98. The summed E-state index contributed by atoms with van der Waals surface area (Å²) in [6, 6.07) is 3.98. The number of hydrogen-bond acceptors (Lipinski definition) is 6. The Morgan fingerprint density at radius 1 is 1.22 bits per heavy atom. The molecule has 0 N–H and O–H groups in total. The number of hydrogen-bond donors (Lipinski definition) is 0. The molecule has 1 aliphatic rings. The highest BCUT2D eigenvalue weighted by Crippen LogP contribution is 2.30. The van der Waals surface area contributed by atoms with Crippen molar-refractivity contribution in [3.63, 3.8) is 0 Å². The van der Waals surface area contributed by atoms with Crippen molar-refractivity contribution < 1.29 is 9.66 Å². The first-order valence-electron chi connectivity index (χ1n) is 9.47. The third-order valence-electron chi connectivity index (χ3n) is 5.00. The van der Waals surface area contributed by atoms with Gasteiger partial charge in [0.2, 0.25) is 0 Å². The van der Waals surface area contributed by atoms with Gasteiger partial charge in [0.1, 0.15) is 18.0 Å². The Kier molecular flexibility index (Phi) is 6.70. The minimum absolute atomic E-state index is 0.0567. The number of nitrogens with zero attached hydrogens (tertiary/aromatic N) is 4. The van der Waals surface area contributed by atoms with Crippen LogP contribution < -0.4 is 4.74 Å². The molecule has 0 aliphatic carbocycles. The molecule has 7 heteroatoms. The lowest BCUT2D eigenvalue weighted by molar-refractivity contribution is -0.574. The van der Waals surface area contributed by atoms with Crippen molar-refractivity contribution in [2.45, 2.75) is 53.1 Å². The number of ether oxygens (including phenoxy) is 1. The largest absolute Gasteiger partial charge is 0.496 e. The van der Waals surface area contributed by atoms with Crippen LogP contribution >= 0.6 is 0 Å². The van der Waals surface area contributed by atoms with Gasteiger partial charge in [0.15, 0.2) is 5.84 Å². The van der Waals surface area contributed by atoms with Gasteiger partial charge in [0.25, 0.3) is 0 Å². The first-order chi connectivity index (χ1) is 12.8. The molecule has 0 spiro atoms. The van der Waals surface area contributed by atoms with E-state index in [1.165, 1.54) is 0 Å². The molecule has 2 rings (SSSR count). The zero-order valence-electron chi connectivity index (χ0n) is 17.2. The average molecular weight is 374 g/mol. The van der Waals surface area contributed by atoms with E-state index in [2.05, 4.69) is 9.98 Å². The van der Waals surface area contributed by atoms with Crippen molar-refractivity contribution >= 4 is 11.5 Å². The van der Waals surface area contributed by atoms with E-state index in [-0.39, 0.29) is 11.5 Å². The summed E-state index contributed by atoms with van der Waals surface area (Å²) >= 11 is 0. The first-order valence-corrected chi connectivity index (χ1v) is 9.47. The van der Waals surface area contributed by atoms with Crippen LogP contribution in [0.5, 0.6) is 5.75 Å². The zero-order chi connectivity index (χ0) is 20.2. The van der Waals surface area contributed by atoms with Gasteiger partial charge in [-0.15, -0.1) is 0 Å². The fourth-order valence-electron chi connectivity index (χ4n) is 3.75. The molecule has 1 heterocycles. The molecule has 1 unspecified atom stereocenters. The summed E-state index contributed by atoms with van der Waals surface area (Å²) in [5.74, 6) is 1.20. The van der Waals surface area contributed by atoms with E-state index >= 15 is 0 Å². The zero-order valence-corrected chi connectivity index (χ0v) is 17.2. The monoisotopic (exact) mass is 374 g/mol. The van der Waals surface area contributed by atoms with Gasteiger partial charge < -0.3 is 4.74 Å². The number of aliphatic imine (C=N–C) groups is 2. The normalized spacial score (nSPS) is 19.7. The van der Waals surface area contributed by atoms with E-state index in [4.69, 9.17) is 4.74 Å². The molecule has 148 valence electrons. The van der Waals surface area contributed by atoms with E-state index in [1.807, 2.05) is 44.7 Å². The van der Waals surface area contributed by atoms with Crippen molar-refractivity contribution in [3.8, 4) is 5.75 Å². The predicted molar refractivity (Wildman–Crippen MR) is 109 cm³/mol. The average Bonchev–Trinajstić information content (AvgIpc) is 2.60.